The molecule has 1 saturated heterocycles. The van der Waals surface area contributed by atoms with E-state index in [1.807, 2.05) is 4.90 Å². The van der Waals surface area contributed by atoms with Crippen molar-refractivity contribution in [2.24, 2.45) is 0 Å². The minimum absolute atomic E-state index is 0.0149. The van der Waals surface area contributed by atoms with Gasteiger partial charge in [0.2, 0.25) is 5.91 Å². The summed E-state index contributed by atoms with van der Waals surface area (Å²) >= 11 is 0. The van der Waals surface area contributed by atoms with Gasteiger partial charge in [0, 0.05) is 13.6 Å². The van der Waals surface area contributed by atoms with E-state index in [0.717, 1.165) is 25.1 Å². The van der Waals surface area contributed by atoms with Gasteiger partial charge in [0.25, 0.3) is 0 Å². The van der Waals surface area contributed by atoms with E-state index in [0.29, 0.717) is 11.3 Å². The number of carbonyl (C=O) groups excluding carboxylic acids is 2. The Hall–Kier alpha value is -2.24. The molecule has 1 aromatic rings. The normalized spacial score (nSPS) is 17.9. The molecular weight excluding hydrogens is 258 g/mol. The number of hydrogen-bond acceptors (Lipinski definition) is 5. The maximum absolute atomic E-state index is 11.9. The summed E-state index contributed by atoms with van der Waals surface area (Å²) in [5.41, 5.74) is 7.68. The number of benzene rings is 1. The van der Waals surface area contributed by atoms with Crippen LogP contribution in [0, 0.1) is 0 Å². The van der Waals surface area contributed by atoms with Gasteiger partial charge in [-0.1, -0.05) is 0 Å². The number of carbonyl (C=O) groups is 2. The van der Waals surface area contributed by atoms with Crippen LogP contribution in [0.3, 0.4) is 0 Å². The molecule has 0 radical (unpaired) electrons. The van der Waals surface area contributed by atoms with Crippen LogP contribution in [0.5, 0.6) is 0 Å². The number of nitrogens with zero attached hydrogens (tertiary/aromatic N) is 1. The Bertz CT molecular complexity index is 530. The summed E-state index contributed by atoms with van der Waals surface area (Å²) in [5, 5.41) is 2.67. The topological polar surface area (TPSA) is 84.7 Å². The van der Waals surface area contributed by atoms with Crippen LogP contribution in [0.15, 0.2) is 18.2 Å². The van der Waals surface area contributed by atoms with E-state index in [1.165, 1.54) is 7.11 Å². The third-order valence-electron chi connectivity index (χ3n) is 3.56. The molecule has 6 heteroatoms. The molecule has 1 amide bonds. The first-order valence-electron chi connectivity index (χ1n) is 6.54. The molecule has 0 saturated carbocycles. The van der Waals surface area contributed by atoms with Gasteiger partial charge in [-0.3, -0.25) is 4.79 Å². The monoisotopic (exact) mass is 277 g/mol. The SMILES string of the molecule is CNC(=O)C1CCCN1c1ccc(C(=O)OC)cc1N. The highest BCUT2D eigenvalue weighted by Crippen LogP contribution is 2.31. The number of methoxy groups -OCH3 is 1. The highest BCUT2D eigenvalue weighted by molar-refractivity contribution is 5.93. The maximum Gasteiger partial charge on any atom is 0.337 e. The summed E-state index contributed by atoms with van der Waals surface area (Å²) in [6.07, 6.45) is 1.74. The summed E-state index contributed by atoms with van der Waals surface area (Å²) in [5.74, 6) is -0.438. The molecule has 3 N–H and O–H groups in total. The van der Waals surface area contributed by atoms with Gasteiger partial charge in [0.15, 0.2) is 0 Å². The zero-order valence-electron chi connectivity index (χ0n) is 11.7. The number of rotatable bonds is 3. The number of anilines is 2. The zero-order valence-corrected chi connectivity index (χ0v) is 11.7. The van der Waals surface area contributed by atoms with E-state index in [2.05, 4.69) is 10.1 Å². The fourth-order valence-electron chi connectivity index (χ4n) is 2.56. The Kier molecular flexibility index (Phi) is 4.12. The Labute approximate surface area is 117 Å². The molecule has 0 aliphatic carbocycles. The standard InChI is InChI=1S/C14H19N3O3/c1-16-13(18)12-4-3-7-17(12)11-6-5-9(8-10(11)15)14(19)20-2/h5-6,8,12H,3-4,7,15H2,1-2H3,(H,16,18). The van der Waals surface area contributed by atoms with E-state index in [-0.39, 0.29) is 11.9 Å². The third kappa shape index (κ3) is 2.54. The second kappa shape index (κ2) is 5.81. The van der Waals surface area contributed by atoms with Crippen LogP contribution in [0.4, 0.5) is 11.4 Å². The largest absolute Gasteiger partial charge is 0.465 e. The molecule has 1 aliphatic rings. The Morgan fingerprint density at radius 2 is 2.20 bits per heavy atom. The van der Waals surface area contributed by atoms with Gasteiger partial charge < -0.3 is 20.7 Å². The molecule has 1 atom stereocenters. The summed E-state index contributed by atoms with van der Waals surface area (Å²) in [7, 11) is 2.96. The predicted octanol–water partition coefficient (Wildman–Crippen LogP) is 0.770. The molecule has 0 bridgehead atoms. The quantitative estimate of drug-likeness (QED) is 0.629. The first-order chi connectivity index (χ1) is 9.58. The molecule has 2 rings (SSSR count). The fraction of sp³-hybridized carbons (Fsp3) is 0.429. The molecule has 0 aromatic heterocycles. The van der Waals surface area contributed by atoms with Crippen LogP contribution < -0.4 is 16.0 Å². The van der Waals surface area contributed by atoms with Crippen LogP contribution in [0.25, 0.3) is 0 Å². The van der Waals surface area contributed by atoms with Gasteiger partial charge in [-0.15, -0.1) is 0 Å². The number of nitrogens with one attached hydrogen (secondary N) is 1. The lowest BCUT2D eigenvalue weighted by atomic mass is 10.1. The van der Waals surface area contributed by atoms with Crippen molar-refractivity contribution in [1.82, 2.24) is 5.32 Å². The Morgan fingerprint density at radius 3 is 2.80 bits per heavy atom. The van der Waals surface area contributed by atoms with Gasteiger partial charge in [0.05, 0.1) is 24.0 Å². The molecule has 1 aromatic carbocycles. The van der Waals surface area contributed by atoms with Gasteiger partial charge in [-0.2, -0.15) is 0 Å². The van der Waals surface area contributed by atoms with Crippen LogP contribution in [0.2, 0.25) is 0 Å². The van der Waals surface area contributed by atoms with Crippen molar-refractivity contribution in [1.29, 1.82) is 0 Å². The van der Waals surface area contributed by atoms with Gasteiger partial charge in [0.1, 0.15) is 6.04 Å². The number of nitrogen functional groups attached to an aromatic ring is 1. The van der Waals surface area contributed by atoms with Crippen molar-refractivity contribution >= 4 is 23.3 Å². The highest BCUT2D eigenvalue weighted by Gasteiger charge is 2.31. The average Bonchev–Trinajstić information content (AvgIpc) is 2.94. The van der Waals surface area contributed by atoms with E-state index in [9.17, 15) is 9.59 Å². The fourth-order valence-corrected chi connectivity index (χ4v) is 2.56. The molecule has 1 heterocycles. The molecule has 1 fully saturated rings. The van der Waals surface area contributed by atoms with Gasteiger partial charge in [-0.05, 0) is 31.0 Å². The number of ether oxygens (including phenoxy) is 1. The molecule has 108 valence electrons. The summed E-state index contributed by atoms with van der Waals surface area (Å²) < 4.78 is 4.66. The van der Waals surface area contributed by atoms with E-state index < -0.39 is 5.97 Å². The van der Waals surface area contributed by atoms with Gasteiger partial charge in [-0.25, -0.2) is 4.79 Å². The lowest BCUT2D eigenvalue weighted by Crippen LogP contribution is -2.42. The number of amides is 1. The second-order valence-corrected chi connectivity index (χ2v) is 4.73. The van der Waals surface area contributed by atoms with E-state index in [4.69, 9.17) is 5.73 Å². The maximum atomic E-state index is 11.9. The van der Waals surface area contributed by atoms with Crippen LogP contribution >= 0.6 is 0 Å². The summed E-state index contributed by atoms with van der Waals surface area (Å²) in [4.78, 5) is 25.3. The Morgan fingerprint density at radius 1 is 1.45 bits per heavy atom. The van der Waals surface area contributed by atoms with Gasteiger partial charge >= 0.3 is 5.97 Å². The minimum atomic E-state index is -0.424. The van der Waals surface area contributed by atoms with Crippen LogP contribution in [0.1, 0.15) is 23.2 Å². The molecule has 0 spiro atoms. The van der Waals surface area contributed by atoms with Crippen molar-refractivity contribution < 1.29 is 14.3 Å². The highest BCUT2D eigenvalue weighted by atomic mass is 16.5. The van der Waals surface area contributed by atoms with Crippen molar-refractivity contribution in [3.05, 3.63) is 23.8 Å². The van der Waals surface area contributed by atoms with Crippen LogP contribution in [-0.4, -0.2) is 38.6 Å². The summed E-state index contributed by atoms with van der Waals surface area (Å²) in [6, 6.07) is 4.81. The third-order valence-corrected chi connectivity index (χ3v) is 3.56. The van der Waals surface area contributed by atoms with Crippen molar-refractivity contribution in [2.75, 3.05) is 31.3 Å². The first kappa shape index (κ1) is 14.2. The number of likely N-dealkylation sites (N-methyl/N-ethyl adjacent to an activating group) is 1. The molecule has 1 unspecified atom stereocenters. The van der Waals surface area contributed by atoms with Crippen molar-refractivity contribution in [3.8, 4) is 0 Å². The zero-order chi connectivity index (χ0) is 14.7. The average molecular weight is 277 g/mol. The molecule has 6 nitrogen and oxygen atoms in total. The lowest BCUT2D eigenvalue weighted by Gasteiger charge is -2.26. The summed E-state index contributed by atoms with van der Waals surface area (Å²) in [6.45, 7) is 0.778. The van der Waals surface area contributed by atoms with E-state index >= 15 is 0 Å². The first-order valence-corrected chi connectivity index (χ1v) is 6.54. The second-order valence-electron chi connectivity index (χ2n) is 4.73. The predicted molar refractivity (Wildman–Crippen MR) is 76.6 cm³/mol. The van der Waals surface area contributed by atoms with Crippen molar-refractivity contribution in [2.45, 2.75) is 18.9 Å². The van der Waals surface area contributed by atoms with Crippen molar-refractivity contribution in [3.63, 3.8) is 0 Å². The number of hydrogen-bond donors (Lipinski definition) is 2. The number of nitrogens with two attached hydrogens (primary N) is 1. The Balaban J connectivity index is 2.28. The lowest BCUT2D eigenvalue weighted by molar-refractivity contribution is -0.121. The smallest absolute Gasteiger partial charge is 0.337 e. The van der Waals surface area contributed by atoms with Crippen LogP contribution in [-0.2, 0) is 9.53 Å². The molecule has 1 aliphatic heterocycles. The van der Waals surface area contributed by atoms with E-state index in [1.54, 1.807) is 25.2 Å². The molecule has 20 heavy (non-hydrogen) atoms. The number of esters is 1. The molecular formula is C14H19N3O3. The minimum Gasteiger partial charge on any atom is -0.465 e.